The Morgan fingerprint density at radius 2 is 1.63 bits per heavy atom. The van der Waals surface area contributed by atoms with E-state index in [1.165, 1.54) is 18.4 Å². The minimum Gasteiger partial charge on any atom is -0.494 e. The van der Waals surface area contributed by atoms with Crippen molar-refractivity contribution < 1.29 is 14.6 Å². The molecule has 0 aliphatic carbocycles. The topological polar surface area (TPSA) is 58.6 Å². The maximum absolute atomic E-state index is 10.6. The molecule has 3 rings (SSSR count). The number of fused-ring (bicyclic) bond motifs is 1. The third-order valence-electron chi connectivity index (χ3n) is 4.94. The molecule has 0 radical (unpaired) electrons. The van der Waals surface area contributed by atoms with Gasteiger partial charge in [-0.2, -0.15) is 0 Å². The molecule has 160 valence electrons. The molecule has 0 saturated heterocycles. The van der Waals surface area contributed by atoms with Crippen LogP contribution in [0, 0.1) is 0 Å². The second-order valence-corrected chi connectivity index (χ2v) is 7.31. The average molecular weight is 428 g/mol. The summed E-state index contributed by atoms with van der Waals surface area (Å²) in [5.74, 6) is 0.132. The van der Waals surface area contributed by atoms with Crippen LogP contribution in [-0.4, -0.2) is 24.2 Å². The number of nitrogens with one attached hydrogen (secondary N) is 1. The van der Waals surface area contributed by atoms with Crippen LogP contribution in [0.5, 0.6) is 5.75 Å². The Morgan fingerprint density at radius 3 is 2.43 bits per heavy atom. The maximum Gasteiger partial charge on any atom is 0.304 e. The number of ether oxygens (including phenoxy) is 1. The molecule has 30 heavy (non-hydrogen) atoms. The van der Waals surface area contributed by atoms with E-state index in [-0.39, 0.29) is 18.8 Å². The Kier molecular flexibility index (Phi) is 10.2. The first kappa shape index (κ1) is 23.7. The minimum absolute atomic E-state index is 0. The Balaban J connectivity index is 0.00000320. The van der Waals surface area contributed by atoms with E-state index in [2.05, 4.69) is 66.0 Å². The number of aryl methyl sites for hydroxylation is 1. The lowest BCUT2D eigenvalue weighted by Crippen LogP contribution is -2.17. The summed E-state index contributed by atoms with van der Waals surface area (Å²) in [4.78, 5) is 10.6. The van der Waals surface area contributed by atoms with Crippen molar-refractivity contribution >= 4 is 29.1 Å². The highest BCUT2D eigenvalue weighted by molar-refractivity contribution is 5.85. The minimum atomic E-state index is -0.778. The number of unbranched alkanes of at least 4 members (excludes halogenated alkanes) is 2. The van der Waals surface area contributed by atoms with Crippen molar-refractivity contribution in [2.75, 3.05) is 13.2 Å². The molecule has 0 aliphatic heterocycles. The SMILES string of the molecule is Cl.O=C(O)CCNCc1ccc2cc(OCCCCCc3ccccc3)ccc2c1. The lowest BCUT2D eigenvalue weighted by Gasteiger charge is -2.09. The third-order valence-corrected chi connectivity index (χ3v) is 4.94. The summed E-state index contributed by atoms with van der Waals surface area (Å²) >= 11 is 0. The zero-order valence-electron chi connectivity index (χ0n) is 17.2. The number of hydrogen-bond donors (Lipinski definition) is 2. The predicted molar refractivity (Wildman–Crippen MR) is 125 cm³/mol. The van der Waals surface area contributed by atoms with Crippen molar-refractivity contribution in [3.63, 3.8) is 0 Å². The fourth-order valence-electron chi connectivity index (χ4n) is 3.34. The van der Waals surface area contributed by atoms with E-state index in [0.29, 0.717) is 13.1 Å². The van der Waals surface area contributed by atoms with Gasteiger partial charge in [-0.25, -0.2) is 0 Å². The first-order chi connectivity index (χ1) is 14.2. The number of halogens is 1. The number of aliphatic carboxylic acids is 1. The fraction of sp³-hybridized carbons (Fsp3) is 0.320. The molecular weight excluding hydrogens is 398 g/mol. The van der Waals surface area contributed by atoms with Crippen LogP contribution in [0.3, 0.4) is 0 Å². The van der Waals surface area contributed by atoms with Crippen molar-refractivity contribution in [3.8, 4) is 5.75 Å². The number of hydrogen-bond acceptors (Lipinski definition) is 3. The van der Waals surface area contributed by atoms with Crippen LogP contribution in [0.1, 0.15) is 36.8 Å². The van der Waals surface area contributed by atoms with Gasteiger partial charge in [0.05, 0.1) is 13.0 Å². The molecule has 0 saturated carbocycles. The van der Waals surface area contributed by atoms with Crippen LogP contribution < -0.4 is 10.1 Å². The molecule has 0 fully saturated rings. The quantitative estimate of drug-likeness (QED) is 0.368. The van der Waals surface area contributed by atoms with Gasteiger partial charge in [0.25, 0.3) is 0 Å². The molecule has 0 aromatic heterocycles. The van der Waals surface area contributed by atoms with Crippen LogP contribution in [0.2, 0.25) is 0 Å². The summed E-state index contributed by atoms with van der Waals surface area (Å²) in [6, 6.07) is 23.1. The molecule has 0 spiro atoms. The van der Waals surface area contributed by atoms with Crippen molar-refractivity contribution in [1.82, 2.24) is 5.32 Å². The van der Waals surface area contributed by atoms with Gasteiger partial charge >= 0.3 is 5.97 Å². The number of carboxylic acid groups (broad SMARTS) is 1. The molecule has 0 unspecified atom stereocenters. The van der Waals surface area contributed by atoms with Crippen molar-refractivity contribution in [1.29, 1.82) is 0 Å². The largest absolute Gasteiger partial charge is 0.494 e. The van der Waals surface area contributed by atoms with E-state index in [0.717, 1.165) is 41.5 Å². The van der Waals surface area contributed by atoms with Crippen LogP contribution in [0.25, 0.3) is 10.8 Å². The summed E-state index contributed by atoms with van der Waals surface area (Å²) in [5.41, 5.74) is 2.55. The summed E-state index contributed by atoms with van der Waals surface area (Å²) in [6.45, 7) is 1.89. The molecule has 5 heteroatoms. The second-order valence-electron chi connectivity index (χ2n) is 7.31. The maximum atomic E-state index is 10.6. The molecule has 0 heterocycles. The first-order valence-electron chi connectivity index (χ1n) is 10.3. The Bertz CT molecular complexity index is 915. The lowest BCUT2D eigenvalue weighted by molar-refractivity contribution is -0.136. The molecule has 0 bridgehead atoms. The van der Waals surface area contributed by atoms with Crippen molar-refractivity contribution in [2.45, 2.75) is 38.6 Å². The Hall–Kier alpha value is -2.56. The van der Waals surface area contributed by atoms with Crippen LogP contribution in [0.4, 0.5) is 0 Å². The van der Waals surface area contributed by atoms with Gasteiger partial charge in [0.1, 0.15) is 5.75 Å². The zero-order valence-corrected chi connectivity index (χ0v) is 18.0. The lowest BCUT2D eigenvalue weighted by atomic mass is 10.1. The van der Waals surface area contributed by atoms with E-state index >= 15 is 0 Å². The standard InChI is InChI=1S/C25H29NO3.ClH/c27-25(28)14-15-26-19-21-10-11-23-18-24(13-12-22(23)17-21)29-16-6-2-5-9-20-7-3-1-4-8-20;/h1,3-4,7-8,10-13,17-18,26H,2,5-6,9,14-16,19H2,(H,27,28);1H. The second kappa shape index (κ2) is 12.9. The molecule has 3 aromatic carbocycles. The monoisotopic (exact) mass is 427 g/mol. The molecular formula is C25H30ClNO3. The van der Waals surface area contributed by atoms with Crippen molar-refractivity contribution in [3.05, 3.63) is 77.9 Å². The van der Waals surface area contributed by atoms with E-state index < -0.39 is 5.97 Å². The van der Waals surface area contributed by atoms with Gasteiger partial charge in [0.2, 0.25) is 0 Å². The van der Waals surface area contributed by atoms with Crippen LogP contribution >= 0.6 is 12.4 Å². The number of carbonyl (C=O) groups is 1. The fourth-order valence-corrected chi connectivity index (χ4v) is 3.34. The van der Waals surface area contributed by atoms with E-state index in [4.69, 9.17) is 9.84 Å². The molecule has 3 aromatic rings. The molecule has 0 amide bonds. The Labute approximate surface area is 184 Å². The highest BCUT2D eigenvalue weighted by Crippen LogP contribution is 2.22. The molecule has 2 N–H and O–H groups in total. The first-order valence-corrected chi connectivity index (χ1v) is 10.3. The third kappa shape index (κ3) is 8.05. The van der Waals surface area contributed by atoms with E-state index in [9.17, 15) is 4.79 Å². The van der Waals surface area contributed by atoms with Gasteiger partial charge in [-0.1, -0.05) is 48.5 Å². The van der Waals surface area contributed by atoms with Gasteiger partial charge in [-0.05, 0) is 65.8 Å². The number of carboxylic acids is 1. The predicted octanol–water partition coefficient (Wildman–Crippen LogP) is 5.62. The van der Waals surface area contributed by atoms with E-state index in [1.54, 1.807) is 0 Å². The molecule has 4 nitrogen and oxygen atoms in total. The summed E-state index contributed by atoms with van der Waals surface area (Å²) in [6.07, 6.45) is 4.69. The van der Waals surface area contributed by atoms with Gasteiger partial charge in [0.15, 0.2) is 0 Å². The summed E-state index contributed by atoms with van der Waals surface area (Å²) in [5, 5.41) is 14.2. The normalized spacial score (nSPS) is 10.5. The number of rotatable bonds is 12. The Morgan fingerprint density at radius 1 is 0.867 bits per heavy atom. The summed E-state index contributed by atoms with van der Waals surface area (Å²) in [7, 11) is 0. The van der Waals surface area contributed by atoms with Gasteiger partial charge < -0.3 is 15.2 Å². The average Bonchev–Trinajstić information content (AvgIpc) is 2.74. The van der Waals surface area contributed by atoms with Gasteiger partial charge in [-0.3, -0.25) is 4.79 Å². The molecule has 0 aliphatic rings. The van der Waals surface area contributed by atoms with Gasteiger partial charge in [0, 0.05) is 13.1 Å². The highest BCUT2D eigenvalue weighted by atomic mass is 35.5. The van der Waals surface area contributed by atoms with E-state index in [1.807, 2.05) is 6.07 Å². The van der Waals surface area contributed by atoms with Gasteiger partial charge in [-0.15, -0.1) is 12.4 Å². The van der Waals surface area contributed by atoms with Crippen molar-refractivity contribution in [2.24, 2.45) is 0 Å². The smallest absolute Gasteiger partial charge is 0.304 e. The zero-order chi connectivity index (χ0) is 20.3. The highest BCUT2D eigenvalue weighted by Gasteiger charge is 2.01. The van der Waals surface area contributed by atoms with Crippen LogP contribution in [0.15, 0.2) is 66.7 Å². The number of benzene rings is 3. The summed E-state index contributed by atoms with van der Waals surface area (Å²) < 4.78 is 5.93. The molecule has 0 atom stereocenters. The van der Waals surface area contributed by atoms with Crippen LogP contribution in [-0.2, 0) is 17.8 Å².